The summed E-state index contributed by atoms with van der Waals surface area (Å²) >= 11 is 5.93. The lowest BCUT2D eigenvalue weighted by Gasteiger charge is -2.09. The fourth-order valence-corrected chi connectivity index (χ4v) is 3.15. The summed E-state index contributed by atoms with van der Waals surface area (Å²) in [6, 6.07) is 23.5. The fourth-order valence-electron chi connectivity index (χ4n) is 2.97. The van der Waals surface area contributed by atoms with Crippen molar-refractivity contribution in [2.75, 3.05) is 0 Å². The van der Waals surface area contributed by atoms with E-state index in [1.165, 1.54) is 12.3 Å². The van der Waals surface area contributed by atoms with Crippen LogP contribution >= 0.6 is 11.6 Å². The number of carbonyl (C=O) groups excluding carboxylic acids is 1. The van der Waals surface area contributed by atoms with Gasteiger partial charge in [-0.25, -0.2) is 10.4 Å². The molecule has 0 radical (unpaired) electrons. The van der Waals surface area contributed by atoms with Crippen LogP contribution in [0.1, 0.15) is 15.9 Å². The van der Waals surface area contributed by atoms with Gasteiger partial charge < -0.3 is 5.11 Å². The van der Waals surface area contributed by atoms with Crippen molar-refractivity contribution >= 4 is 34.6 Å². The number of carbonyl (C=O) groups is 1. The molecule has 2 N–H and O–H groups in total. The first-order valence-electron chi connectivity index (χ1n) is 8.89. The van der Waals surface area contributed by atoms with Crippen molar-refractivity contribution in [3.05, 3.63) is 95.0 Å². The van der Waals surface area contributed by atoms with Crippen LogP contribution < -0.4 is 5.43 Å². The minimum Gasteiger partial charge on any atom is -0.507 e. The Bertz CT molecular complexity index is 1220. The van der Waals surface area contributed by atoms with Gasteiger partial charge in [-0.15, -0.1) is 0 Å². The Morgan fingerprint density at radius 2 is 1.76 bits per heavy atom. The van der Waals surface area contributed by atoms with Gasteiger partial charge in [-0.3, -0.25) is 4.79 Å². The highest BCUT2D eigenvalue weighted by atomic mass is 35.5. The molecule has 1 amide bonds. The van der Waals surface area contributed by atoms with E-state index in [0.717, 1.165) is 16.5 Å². The first-order valence-corrected chi connectivity index (χ1v) is 9.27. The Hall–Kier alpha value is -3.70. The number of aromatic hydroxyl groups is 1. The third-order valence-electron chi connectivity index (χ3n) is 4.39. The highest BCUT2D eigenvalue weighted by Gasteiger charge is 2.13. The molecule has 0 fully saturated rings. The van der Waals surface area contributed by atoms with Crippen LogP contribution in [-0.2, 0) is 0 Å². The molecule has 0 atom stereocenters. The maximum absolute atomic E-state index is 12.8. The van der Waals surface area contributed by atoms with Crippen LogP contribution in [0.25, 0.3) is 22.2 Å². The second-order valence-electron chi connectivity index (χ2n) is 6.34. The van der Waals surface area contributed by atoms with Gasteiger partial charge in [0.15, 0.2) is 0 Å². The van der Waals surface area contributed by atoms with Crippen molar-refractivity contribution in [3.8, 4) is 17.0 Å². The molecule has 1 heterocycles. The molecular formula is C23H16ClN3O2. The van der Waals surface area contributed by atoms with E-state index < -0.39 is 0 Å². The maximum atomic E-state index is 12.8. The van der Waals surface area contributed by atoms with Gasteiger partial charge in [-0.05, 0) is 30.3 Å². The fraction of sp³-hybridized carbons (Fsp3) is 0. The zero-order valence-corrected chi connectivity index (χ0v) is 16.0. The molecule has 0 aliphatic rings. The van der Waals surface area contributed by atoms with Gasteiger partial charge in [0.2, 0.25) is 0 Å². The number of hydrazone groups is 1. The zero-order chi connectivity index (χ0) is 20.2. The molecule has 142 valence electrons. The van der Waals surface area contributed by atoms with E-state index in [9.17, 15) is 9.90 Å². The number of amides is 1. The topological polar surface area (TPSA) is 74.6 Å². The lowest BCUT2D eigenvalue weighted by atomic mass is 10.0. The third-order valence-corrected chi connectivity index (χ3v) is 4.62. The van der Waals surface area contributed by atoms with Crippen LogP contribution in [0.15, 0.2) is 84.0 Å². The van der Waals surface area contributed by atoms with E-state index in [-0.39, 0.29) is 11.7 Å². The van der Waals surface area contributed by atoms with Crippen LogP contribution in [0.5, 0.6) is 5.75 Å². The van der Waals surface area contributed by atoms with Crippen molar-refractivity contribution in [1.29, 1.82) is 0 Å². The lowest BCUT2D eigenvalue weighted by molar-refractivity contribution is 0.0956. The number of fused-ring (bicyclic) bond motifs is 1. The van der Waals surface area contributed by atoms with Gasteiger partial charge in [0.1, 0.15) is 5.75 Å². The van der Waals surface area contributed by atoms with Crippen LogP contribution in [0, 0.1) is 0 Å². The molecule has 0 aliphatic heterocycles. The number of hydrogen-bond acceptors (Lipinski definition) is 4. The summed E-state index contributed by atoms with van der Waals surface area (Å²) < 4.78 is 0. The van der Waals surface area contributed by atoms with Gasteiger partial charge in [0.25, 0.3) is 5.91 Å². The number of aromatic nitrogens is 1. The monoisotopic (exact) mass is 401 g/mol. The molecular weight excluding hydrogens is 386 g/mol. The number of pyridine rings is 1. The van der Waals surface area contributed by atoms with Gasteiger partial charge in [-0.2, -0.15) is 5.10 Å². The summed E-state index contributed by atoms with van der Waals surface area (Å²) in [6.07, 6.45) is 1.35. The number of phenols is 1. The normalized spacial score (nSPS) is 11.1. The van der Waals surface area contributed by atoms with Crippen molar-refractivity contribution in [2.24, 2.45) is 5.10 Å². The summed E-state index contributed by atoms with van der Waals surface area (Å²) in [5.41, 5.74) is 5.71. The number of hydrogen-bond donors (Lipinski definition) is 2. The Morgan fingerprint density at radius 3 is 2.59 bits per heavy atom. The Kier molecular flexibility index (Phi) is 5.22. The molecule has 0 spiro atoms. The highest BCUT2D eigenvalue weighted by Crippen LogP contribution is 2.25. The van der Waals surface area contributed by atoms with Crippen LogP contribution in [0.4, 0.5) is 0 Å². The maximum Gasteiger partial charge on any atom is 0.272 e. The summed E-state index contributed by atoms with van der Waals surface area (Å²) in [6.45, 7) is 0. The largest absolute Gasteiger partial charge is 0.507 e. The summed E-state index contributed by atoms with van der Waals surface area (Å²) in [5, 5.41) is 15.0. The predicted molar refractivity (Wildman–Crippen MR) is 115 cm³/mol. The van der Waals surface area contributed by atoms with Crippen molar-refractivity contribution in [3.63, 3.8) is 0 Å². The molecule has 0 saturated carbocycles. The van der Waals surface area contributed by atoms with E-state index in [0.29, 0.717) is 21.8 Å². The first-order chi connectivity index (χ1) is 14.1. The van der Waals surface area contributed by atoms with Crippen LogP contribution in [0.3, 0.4) is 0 Å². The van der Waals surface area contributed by atoms with Crippen LogP contribution in [-0.4, -0.2) is 22.2 Å². The van der Waals surface area contributed by atoms with E-state index in [2.05, 4.69) is 15.5 Å². The van der Waals surface area contributed by atoms with E-state index >= 15 is 0 Å². The molecule has 0 unspecified atom stereocenters. The predicted octanol–water partition coefficient (Wildman–Crippen LogP) is 5.02. The Labute approximate surface area is 172 Å². The number of rotatable bonds is 4. The van der Waals surface area contributed by atoms with Gasteiger partial charge in [-0.1, -0.05) is 60.1 Å². The quantitative estimate of drug-likeness (QED) is 0.372. The van der Waals surface area contributed by atoms with Crippen molar-refractivity contribution in [1.82, 2.24) is 10.4 Å². The van der Waals surface area contributed by atoms with Gasteiger partial charge in [0.05, 0.1) is 23.0 Å². The second kappa shape index (κ2) is 8.12. The van der Waals surface area contributed by atoms with Crippen molar-refractivity contribution < 1.29 is 9.90 Å². The first kappa shape index (κ1) is 18.7. The zero-order valence-electron chi connectivity index (χ0n) is 15.2. The lowest BCUT2D eigenvalue weighted by Crippen LogP contribution is -2.18. The standard InChI is InChI=1S/C23H16ClN3O2/c24-17-10-11-22(28)16(12-17)14-25-27-23(29)19-13-21(15-6-2-1-3-7-15)26-20-9-5-4-8-18(19)20/h1-14,28H,(H,27,29)/b25-14+. The van der Waals surface area contributed by atoms with Gasteiger partial charge in [0, 0.05) is 21.5 Å². The summed E-state index contributed by atoms with van der Waals surface area (Å²) in [5.74, 6) is -0.355. The van der Waals surface area contributed by atoms with E-state index in [1.54, 1.807) is 18.2 Å². The third kappa shape index (κ3) is 4.10. The Morgan fingerprint density at radius 1 is 1.00 bits per heavy atom. The highest BCUT2D eigenvalue weighted by molar-refractivity contribution is 6.30. The average Bonchev–Trinajstić information content (AvgIpc) is 2.76. The molecule has 1 aromatic heterocycles. The van der Waals surface area contributed by atoms with E-state index in [1.807, 2.05) is 54.6 Å². The van der Waals surface area contributed by atoms with E-state index in [4.69, 9.17) is 11.6 Å². The number of halogens is 1. The van der Waals surface area contributed by atoms with Gasteiger partial charge >= 0.3 is 0 Å². The minimum atomic E-state index is -0.376. The Balaban J connectivity index is 1.68. The summed E-state index contributed by atoms with van der Waals surface area (Å²) in [4.78, 5) is 17.5. The average molecular weight is 402 g/mol. The number of benzene rings is 3. The van der Waals surface area contributed by atoms with Crippen LogP contribution in [0.2, 0.25) is 5.02 Å². The minimum absolute atomic E-state index is 0.0214. The molecule has 5 nitrogen and oxygen atoms in total. The van der Waals surface area contributed by atoms with Crippen molar-refractivity contribution in [2.45, 2.75) is 0 Å². The number of nitrogens with zero attached hydrogens (tertiary/aromatic N) is 2. The number of para-hydroxylation sites is 1. The molecule has 6 heteroatoms. The molecule has 3 aromatic carbocycles. The molecule has 4 aromatic rings. The molecule has 0 saturated heterocycles. The molecule has 0 aliphatic carbocycles. The SMILES string of the molecule is O=C(N/N=C/c1cc(Cl)ccc1O)c1cc(-c2ccccc2)nc2ccccc12. The number of phenolic OH excluding ortho intramolecular Hbond substituents is 1. The molecule has 4 rings (SSSR count). The smallest absolute Gasteiger partial charge is 0.272 e. The summed E-state index contributed by atoms with van der Waals surface area (Å²) in [7, 11) is 0. The molecule has 29 heavy (non-hydrogen) atoms. The molecule has 0 bridgehead atoms. The number of nitrogens with one attached hydrogen (secondary N) is 1. The second-order valence-corrected chi connectivity index (χ2v) is 6.78.